The van der Waals surface area contributed by atoms with Crippen LogP contribution in [0.4, 0.5) is 0 Å². The van der Waals surface area contributed by atoms with E-state index < -0.39 is 0 Å². The number of aryl methyl sites for hydroxylation is 1. The number of halogens is 1. The lowest BCUT2D eigenvalue weighted by atomic mass is 10.1. The van der Waals surface area contributed by atoms with Crippen molar-refractivity contribution in [3.8, 4) is 0 Å². The number of benzene rings is 1. The van der Waals surface area contributed by atoms with Gasteiger partial charge < -0.3 is 0 Å². The lowest BCUT2D eigenvalue weighted by Crippen LogP contribution is -1.96. The molecule has 90 valence electrons. The summed E-state index contributed by atoms with van der Waals surface area (Å²) in [5.41, 5.74) is 3.32. The fourth-order valence-corrected chi connectivity index (χ4v) is 2.44. The fraction of sp³-hybridized carbons (Fsp3) is 0.143. The van der Waals surface area contributed by atoms with Gasteiger partial charge in [-0.15, -0.1) is 10.2 Å². The average Bonchev–Trinajstić information content (AvgIpc) is 2.72. The summed E-state index contributed by atoms with van der Waals surface area (Å²) >= 11 is 3.48. The van der Waals surface area contributed by atoms with Gasteiger partial charge in [-0.3, -0.25) is 4.40 Å². The topological polar surface area (TPSA) is 30.2 Å². The van der Waals surface area contributed by atoms with E-state index >= 15 is 0 Å². The Morgan fingerprint density at radius 3 is 2.89 bits per heavy atom. The molecule has 0 saturated heterocycles. The molecule has 0 fully saturated rings. The number of pyridine rings is 1. The van der Waals surface area contributed by atoms with Crippen LogP contribution in [0.15, 0.2) is 47.1 Å². The lowest BCUT2D eigenvalue weighted by Gasteiger charge is -2.01. The average molecular weight is 302 g/mol. The third-order valence-electron chi connectivity index (χ3n) is 2.89. The van der Waals surface area contributed by atoms with Crippen LogP contribution in [0.1, 0.15) is 17.0 Å². The zero-order valence-electron chi connectivity index (χ0n) is 9.97. The molecule has 0 aliphatic heterocycles. The second-order valence-corrected chi connectivity index (χ2v) is 5.27. The van der Waals surface area contributed by atoms with Crippen molar-refractivity contribution in [1.82, 2.24) is 14.6 Å². The van der Waals surface area contributed by atoms with Crippen molar-refractivity contribution in [2.45, 2.75) is 13.3 Å². The molecule has 3 rings (SSSR count). The molecule has 2 heterocycles. The fourth-order valence-electron chi connectivity index (χ4n) is 1.99. The second kappa shape index (κ2) is 4.53. The predicted octanol–water partition coefficient (Wildman–Crippen LogP) is 3.39. The maximum Gasteiger partial charge on any atom is 0.161 e. The summed E-state index contributed by atoms with van der Waals surface area (Å²) in [6.45, 7) is 2.06. The Morgan fingerprint density at radius 1 is 1.17 bits per heavy atom. The first-order chi connectivity index (χ1) is 8.72. The Labute approximate surface area is 114 Å². The summed E-state index contributed by atoms with van der Waals surface area (Å²) in [5, 5.41) is 8.46. The highest BCUT2D eigenvalue weighted by molar-refractivity contribution is 9.10. The van der Waals surface area contributed by atoms with Crippen LogP contribution in [0.5, 0.6) is 0 Å². The third kappa shape index (κ3) is 2.16. The zero-order chi connectivity index (χ0) is 12.5. The minimum Gasteiger partial charge on any atom is -0.286 e. The van der Waals surface area contributed by atoms with Crippen molar-refractivity contribution >= 4 is 21.6 Å². The van der Waals surface area contributed by atoms with Crippen molar-refractivity contribution in [3.63, 3.8) is 0 Å². The third-order valence-corrected chi connectivity index (χ3v) is 3.38. The normalized spacial score (nSPS) is 11.0. The number of aromatic nitrogens is 3. The van der Waals surface area contributed by atoms with Gasteiger partial charge in [0.25, 0.3) is 0 Å². The molecule has 4 heteroatoms. The highest BCUT2D eigenvalue weighted by Crippen LogP contribution is 2.15. The summed E-state index contributed by atoms with van der Waals surface area (Å²) < 4.78 is 3.12. The van der Waals surface area contributed by atoms with Gasteiger partial charge in [-0.1, -0.05) is 28.1 Å². The number of nitrogens with zero attached hydrogens (tertiary/aromatic N) is 3. The van der Waals surface area contributed by atoms with Crippen LogP contribution in [-0.2, 0) is 6.42 Å². The molecule has 18 heavy (non-hydrogen) atoms. The molecule has 0 bridgehead atoms. The smallest absolute Gasteiger partial charge is 0.161 e. The molecule has 0 unspecified atom stereocenters. The molecule has 0 aliphatic carbocycles. The van der Waals surface area contributed by atoms with E-state index in [1.54, 1.807) is 0 Å². The Hall–Kier alpha value is -1.68. The minimum atomic E-state index is 0.781. The van der Waals surface area contributed by atoms with E-state index in [1.165, 1.54) is 11.1 Å². The first kappa shape index (κ1) is 11.4. The molecule has 3 aromatic rings. The van der Waals surface area contributed by atoms with Gasteiger partial charge in [-0.25, -0.2) is 0 Å². The van der Waals surface area contributed by atoms with Crippen LogP contribution < -0.4 is 0 Å². The van der Waals surface area contributed by atoms with E-state index in [4.69, 9.17) is 0 Å². The highest BCUT2D eigenvalue weighted by atomic mass is 79.9. The van der Waals surface area contributed by atoms with Gasteiger partial charge in [-0.2, -0.15) is 0 Å². The van der Waals surface area contributed by atoms with Gasteiger partial charge in [0.05, 0.1) is 0 Å². The van der Waals surface area contributed by atoms with Gasteiger partial charge in [0.1, 0.15) is 5.82 Å². The van der Waals surface area contributed by atoms with Crippen molar-refractivity contribution in [2.24, 2.45) is 0 Å². The van der Waals surface area contributed by atoms with Crippen LogP contribution in [-0.4, -0.2) is 14.6 Å². The monoisotopic (exact) mass is 301 g/mol. The molecule has 0 radical (unpaired) electrons. The Balaban J connectivity index is 2.00. The molecule has 0 atom stereocenters. The molecular weight excluding hydrogens is 290 g/mol. The SMILES string of the molecule is Cc1ccn2c(Cc3cccc(Br)c3)nnc2c1. The number of hydrogen-bond acceptors (Lipinski definition) is 2. The zero-order valence-corrected chi connectivity index (χ0v) is 11.6. The number of hydrogen-bond donors (Lipinski definition) is 0. The van der Waals surface area contributed by atoms with E-state index in [0.717, 1.165) is 22.4 Å². The molecule has 0 spiro atoms. The maximum atomic E-state index is 4.26. The van der Waals surface area contributed by atoms with Gasteiger partial charge in [-0.05, 0) is 42.3 Å². The van der Waals surface area contributed by atoms with Gasteiger partial charge in [0.15, 0.2) is 5.65 Å². The van der Waals surface area contributed by atoms with E-state index in [-0.39, 0.29) is 0 Å². The maximum absolute atomic E-state index is 4.26. The van der Waals surface area contributed by atoms with E-state index in [0.29, 0.717) is 0 Å². The first-order valence-corrected chi connectivity index (χ1v) is 6.56. The molecule has 0 N–H and O–H groups in total. The molecule has 0 saturated carbocycles. The molecule has 0 aliphatic rings. The van der Waals surface area contributed by atoms with Crippen molar-refractivity contribution < 1.29 is 0 Å². The van der Waals surface area contributed by atoms with Crippen LogP contribution >= 0.6 is 15.9 Å². The van der Waals surface area contributed by atoms with Crippen molar-refractivity contribution in [2.75, 3.05) is 0 Å². The highest BCUT2D eigenvalue weighted by Gasteiger charge is 2.06. The Kier molecular flexibility index (Phi) is 2.88. The standard InChI is InChI=1S/C14H12BrN3/c1-10-5-6-18-13(7-10)16-17-14(18)9-11-3-2-4-12(15)8-11/h2-8H,9H2,1H3. The number of rotatable bonds is 2. The largest absolute Gasteiger partial charge is 0.286 e. The van der Waals surface area contributed by atoms with Crippen LogP contribution in [0.2, 0.25) is 0 Å². The summed E-state index contributed by atoms with van der Waals surface area (Å²) in [6.07, 6.45) is 2.81. The molecule has 1 aromatic carbocycles. The quantitative estimate of drug-likeness (QED) is 0.726. The lowest BCUT2D eigenvalue weighted by molar-refractivity contribution is 0.933. The molecule has 0 amide bonds. The Morgan fingerprint density at radius 2 is 2.06 bits per heavy atom. The summed E-state index contributed by atoms with van der Waals surface area (Å²) in [7, 11) is 0. The van der Waals surface area contributed by atoms with E-state index in [9.17, 15) is 0 Å². The van der Waals surface area contributed by atoms with Gasteiger partial charge in [0, 0.05) is 17.1 Å². The molecule has 2 aromatic heterocycles. The molecular formula is C14H12BrN3. The molecule has 3 nitrogen and oxygen atoms in total. The van der Waals surface area contributed by atoms with Crippen molar-refractivity contribution in [3.05, 3.63) is 64.0 Å². The van der Waals surface area contributed by atoms with Crippen LogP contribution in [0, 0.1) is 6.92 Å². The summed E-state index contributed by atoms with van der Waals surface area (Å²) in [5.74, 6) is 0.961. The van der Waals surface area contributed by atoms with Crippen LogP contribution in [0.25, 0.3) is 5.65 Å². The van der Waals surface area contributed by atoms with E-state index in [1.807, 2.05) is 28.8 Å². The first-order valence-electron chi connectivity index (χ1n) is 5.77. The summed E-state index contributed by atoms with van der Waals surface area (Å²) in [6, 6.07) is 12.4. The van der Waals surface area contributed by atoms with Crippen molar-refractivity contribution in [1.29, 1.82) is 0 Å². The van der Waals surface area contributed by atoms with Gasteiger partial charge in [0.2, 0.25) is 0 Å². The second-order valence-electron chi connectivity index (χ2n) is 4.36. The van der Waals surface area contributed by atoms with E-state index in [2.05, 4.69) is 51.3 Å². The number of fused-ring (bicyclic) bond motifs is 1. The summed E-state index contributed by atoms with van der Waals surface area (Å²) in [4.78, 5) is 0. The predicted molar refractivity (Wildman–Crippen MR) is 74.7 cm³/mol. The van der Waals surface area contributed by atoms with Gasteiger partial charge >= 0.3 is 0 Å². The minimum absolute atomic E-state index is 0.781. The van der Waals surface area contributed by atoms with Crippen LogP contribution in [0.3, 0.4) is 0 Å². The Bertz CT molecular complexity index is 703.